The molecule has 1 saturated carbocycles. The van der Waals surface area contributed by atoms with Crippen molar-refractivity contribution < 1.29 is 9.53 Å². The topological polar surface area (TPSA) is 47.4 Å². The van der Waals surface area contributed by atoms with Gasteiger partial charge in [-0.15, -0.1) is 0 Å². The van der Waals surface area contributed by atoms with E-state index in [0.717, 1.165) is 63.4 Å². The predicted molar refractivity (Wildman–Crippen MR) is 80.2 cm³/mol. The van der Waals surface area contributed by atoms with Gasteiger partial charge in [-0.2, -0.15) is 5.10 Å². The molecule has 3 rings (SSSR count). The Morgan fingerprint density at radius 1 is 1.33 bits per heavy atom. The van der Waals surface area contributed by atoms with Crippen molar-refractivity contribution in [3.05, 3.63) is 17.5 Å². The molecule has 0 N–H and O–H groups in total. The first-order valence-electron chi connectivity index (χ1n) is 7.97. The lowest BCUT2D eigenvalue weighted by atomic mass is 9.86. The molecular weight excluding hydrogens is 266 g/mol. The summed E-state index contributed by atoms with van der Waals surface area (Å²) in [5.41, 5.74) is 1.76. The summed E-state index contributed by atoms with van der Waals surface area (Å²) in [6, 6.07) is 2.03. The van der Waals surface area contributed by atoms with Gasteiger partial charge in [0.1, 0.15) is 0 Å². The molecule has 2 heterocycles. The predicted octanol–water partition coefficient (Wildman–Crippen LogP) is 1.49. The molecule has 0 atom stereocenters. The lowest BCUT2D eigenvalue weighted by Gasteiger charge is -2.42. The highest BCUT2D eigenvalue weighted by Crippen LogP contribution is 2.37. The van der Waals surface area contributed by atoms with Gasteiger partial charge in [0.15, 0.2) is 5.78 Å². The molecule has 0 bridgehead atoms. The van der Waals surface area contributed by atoms with Crippen molar-refractivity contribution in [1.29, 1.82) is 0 Å². The van der Waals surface area contributed by atoms with Crippen molar-refractivity contribution >= 4 is 5.78 Å². The summed E-state index contributed by atoms with van der Waals surface area (Å²) in [7, 11) is 1.92. The summed E-state index contributed by atoms with van der Waals surface area (Å²) in [4.78, 5) is 15.5. The van der Waals surface area contributed by atoms with E-state index in [-0.39, 0.29) is 5.54 Å². The maximum Gasteiger partial charge on any atom is 0.158 e. The van der Waals surface area contributed by atoms with Gasteiger partial charge in [0, 0.05) is 25.8 Å². The average Bonchev–Trinajstić information content (AvgIpc) is 3.08. The highest BCUT2D eigenvalue weighted by molar-refractivity contribution is 5.90. The lowest BCUT2D eigenvalue weighted by Crippen LogP contribution is -2.57. The van der Waals surface area contributed by atoms with Gasteiger partial charge < -0.3 is 4.74 Å². The molecule has 5 nitrogen and oxygen atoms in total. The second-order valence-electron chi connectivity index (χ2n) is 6.34. The number of Topliss-reactive ketones (excluding diaryl/α,β-unsaturated/α-hetero) is 1. The molecule has 116 valence electrons. The van der Waals surface area contributed by atoms with Crippen molar-refractivity contribution in [2.24, 2.45) is 7.05 Å². The minimum atomic E-state index is -0.248. The number of rotatable bonds is 4. The number of morpholine rings is 1. The van der Waals surface area contributed by atoms with E-state index in [9.17, 15) is 4.79 Å². The third-order valence-electron chi connectivity index (χ3n) is 5.01. The van der Waals surface area contributed by atoms with Crippen molar-refractivity contribution in [3.8, 4) is 0 Å². The number of ether oxygens (including phenoxy) is 1. The fourth-order valence-corrected chi connectivity index (χ4v) is 3.88. The van der Waals surface area contributed by atoms with E-state index in [0.29, 0.717) is 12.2 Å². The summed E-state index contributed by atoms with van der Waals surface area (Å²) in [6.07, 6.45) is 4.82. The molecule has 0 spiro atoms. The fourth-order valence-electron chi connectivity index (χ4n) is 3.88. The Bertz CT molecular complexity index is 512. The van der Waals surface area contributed by atoms with Crippen LogP contribution in [-0.4, -0.2) is 52.3 Å². The number of aryl methyl sites for hydroxylation is 2. The zero-order chi connectivity index (χ0) is 14.9. The van der Waals surface area contributed by atoms with Gasteiger partial charge in [0.2, 0.25) is 0 Å². The van der Waals surface area contributed by atoms with E-state index in [1.807, 2.05) is 24.7 Å². The standard InChI is InChI=1S/C16H25N3O2/c1-13-11-14(18(2)17-13)12-15(20)16(5-3-4-6-16)19-7-9-21-10-8-19/h11H,3-10,12H2,1-2H3. The molecule has 21 heavy (non-hydrogen) atoms. The van der Waals surface area contributed by atoms with Gasteiger partial charge in [0.25, 0.3) is 0 Å². The number of hydrogen-bond acceptors (Lipinski definition) is 4. The van der Waals surface area contributed by atoms with E-state index in [1.54, 1.807) is 0 Å². The number of ketones is 1. The summed E-state index contributed by atoms with van der Waals surface area (Å²) in [6.45, 7) is 5.24. The highest BCUT2D eigenvalue weighted by Gasteiger charge is 2.45. The van der Waals surface area contributed by atoms with Crippen LogP contribution < -0.4 is 0 Å². The molecule has 1 aliphatic heterocycles. The Balaban J connectivity index is 1.80. The van der Waals surface area contributed by atoms with Crippen molar-refractivity contribution in [1.82, 2.24) is 14.7 Å². The number of aromatic nitrogens is 2. The van der Waals surface area contributed by atoms with E-state index in [2.05, 4.69) is 10.00 Å². The van der Waals surface area contributed by atoms with Gasteiger partial charge in [-0.05, 0) is 25.8 Å². The van der Waals surface area contributed by atoms with E-state index < -0.39 is 0 Å². The van der Waals surface area contributed by atoms with E-state index >= 15 is 0 Å². The smallest absolute Gasteiger partial charge is 0.158 e. The van der Waals surface area contributed by atoms with Crippen LogP contribution in [0.25, 0.3) is 0 Å². The Morgan fingerprint density at radius 2 is 2.00 bits per heavy atom. The molecule has 0 radical (unpaired) electrons. The van der Waals surface area contributed by atoms with Crippen LogP contribution in [0, 0.1) is 6.92 Å². The SMILES string of the molecule is Cc1cc(CC(=O)C2(N3CCOCC3)CCCC2)n(C)n1. The molecule has 1 aromatic rings. The average molecular weight is 291 g/mol. The minimum Gasteiger partial charge on any atom is -0.379 e. The first kappa shape index (κ1) is 14.7. The fraction of sp³-hybridized carbons (Fsp3) is 0.750. The van der Waals surface area contributed by atoms with Crippen LogP contribution in [-0.2, 0) is 23.0 Å². The Labute approximate surface area is 126 Å². The summed E-state index contributed by atoms with van der Waals surface area (Å²) >= 11 is 0. The minimum absolute atomic E-state index is 0.248. The van der Waals surface area contributed by atoms with E-state index in [4.69, 9.17) is 4.74 Å². The largest absolute Gasteiger partial charge is 0.379 e. The zero-order valence-corrected chi connectivity index (χ0v) is 13.1. The maximum atomic E-state index is 13.1. The molecule has 0 aromatic carbocycles. The molecule has 0 amide bonds. The highest BCUT2D eigenvalue weighted by atomic mass is 16.5. The molecule has 5 heteroatoms. The van der Waals surface area contributed by atoms with Gasteiger partial charge in [-0.3, -0.25) is 14.4 Å². The molecule has 1 aromatic heterocycles. The van der Waals surface area contributed by atoms with Crippen molar-refractivity contribution in [3.63, 3.8) is 0 Å². The molecule has 1 saturated heterocycles. The maximum absolute atomic E-state index is 13.1. The van der Waals surface area contributed by atoms with Crippen LogP contribution in [0.3, 0.4) is 0 Å². The van der Waals surface area contributed by atoms with Gasteiger partial charge >= 0.3 is 0 Å². The summed E-state index contributed by atoms with van der Waals surface area (Å²) < 4.78 is 7.30. The summed E-state index contributed by atoms with van der Waals surface area (Å²) in [5.74, 6) is 0.366. The Hall–Kier alpha value is -1.20. The number of nitrogens with zero attached hydrogens (tertiary/aromatic N) is 3. The Morgan fingerprint density at radius 3 is 2.57 bits per heavy atom. The molecule has 2 fully saturated rings. The third kappa shape index (κ3) is 2.77. The van der Waals surface area contributed by atoms with Gasteiger partial charge in [0.05, 0.1) is 30.9 Å². The second kappa shape index (κ2) is 5.89. The van der Waals surface area contributed by atoms with Crippen LogP contribution in [0.15, 0.2) is 6.07 Å². The summed E-state index contributed by atoms with van der Waals surface area (Å²) in [5, 5.41) is 4.36. The van der Waals surface area contributed by atoms with Crippen LogP contribution >= 0.6 is 0 Å². The Kier molecular flexibility index (Phi) is 4.13. The normalized spacial score (nSPS) is 22.6. The lowest BCUT2D eigenvalue weighted by molar-refractivity contribution is -0.134. The van der Waals surface area contributed by atoms with Crippen LogP contribution in [0.5, 0.6) is 0 Å². The molecular formula is C16H25N3O2. The van der Waals surface area contributed by atoms with Crippen molar-refractivity contribution in [2.75, 3.05) is 26.3 Å². The number of hydrogen-bond donors (Lipinski definition) is 0. The number of carbonyl (C=O) groups excluding carboxylic acids is 1. The molecule has 2 aliphatic rings. The van der Waals surface area contributed by atoms with Crippen LogP contribution in [0.4, 0.5) is 0 Å². The van der Waals surface area contributed by atoms with Crippen LogP contribution in [0.2, 0.25) is 0 Å². The van der Waals surface area contributed by atoms with E-state index in [1.165, 1.54) is 0 Å². The second-order valence-corrected chi connectivity index (χ2v) is 6.34. The molecule has 1 aliphatic carbocycles. The third-order valence-corrected chi connectivity index (χ3v) is 5.01. The molecule has 0 unspecified atom stereocenters. The first-order valence-corrected chi connectivity index (χ1v) is 7.97. The number of carbonyl (C=O) groups is 1. The van der Waals surface area contributed by atoms with Crippen LogP contribution in [0.1, 0.15) is 37.1 Å². The zero-order valence-electron chi connectivity index (χ0n) is 13.1. The first-order chi connectivity index (χ1) is 10.1. The monoisotopic (exact) mass is 291 g/mol. The quantitative estimate of drug-likeness (QED) is 0.843. The van der Waals surface area contributed by atoms with Gasteiger partial charge in [-0.25, -0.2) is 0 Å². The van der Waals surface area contributed by atoms with Gasteiger partial charge in [-0.1, -0.05) is 12.8 Å². The van der Waals surface area contributed by atoms with Crippen molar-refractivity contribution in [2.45, 2.75) is 44.6 Å².